The monoisotopic (exact) mass is 211 g/mol. The van der Waals surface area contributed by atoms with Gasteiger partial charge >= 0.3 is 0 Å². The molecule has 4 heteroatoms. The summed E-state index contributed by atoms with van der Waals surface area (Å²) in [7, 11) is 0. The molecule has 1 aromatic heterocycles. The number of nitrogens with two attached hydrogens (primary N) is 1. The molecule has 0 saturated carbocycles. The van der Waals surface area contributed by atoms with Crippen molar-refractivity contribution < 1.29 is 0 Å². The molecule has 0 fully saturated rings. The number of thiophene rings is 1. The third-order valence-electron chi connectivity index (χ3n) is 1.77. The van der Waals surface area contributed by atoms with Crippen molar-refractivity contribution in [2.75, 3.05) is 0 Å². The highest BCUT2D eigenvalue weighted by atomic mass is 32.1. The second-order valence-electron chi connectivity index (χ2n) is 3.34. The summed E-state index contributed by atoms with van der Waals surface area (Å²) in [6.45, 7) is 6.21. The Hall–Kier alpha value is -0.870. The summed E-state index contributed by atoms with van der Waals surface area (Å²) in [5.74, 6) is 6.21. The summed E-state index contributed by atoms with van der Waals surface area (Å²) in [6.07, 6.45) is 1.06. The number of hydrogen-bond acceptors (Lipinski definition) is 3. The zero-order chi connectivity index (χ0) is 10.6. The van der Waals surface area contributed by atoms with E-state index < -0.39 is 0 Å². The van der Waals surface area contributed by atoms with Gasteiger partial charge in [0.05, 0.1) is 4.88 Å². The third-order valence-corrected chi connectivity index (χ3v) is 3.00. The molecule has 0 aliphatic carbocycles. The van der Waals surface area contributed by atoms with Gasteiger partial charge in [-0.15, -0.1) is 11.3 Å². The molecule has 0 aliphatic rings. The van der Waals surface area contributed by atoms with Crippen LogP contribution in [0.5, 0.6) is 0 Å². The molecule has 1 rings (SSSR count). The van der Waals surface area contributed by atoms with Crippen LogP contribution in [0.15, 0.2) is 17.1 Å². The quantitative estimate of drug-likeness (QED) is 0.347. The van der Waals surface area contributed by atoms with Gasteiger partial charge in [0.15, 0.2) is 5.84 Å². The maximum atomic E-state index is 5.43. The van der Waals surface area contributed by atoms with Crippen LogP contribution in [0.4, 0.5) is 0 Å². The lowest BCUT2D eigenvalue weighted by molar-refractivity contribution is 0.821. The van der Waals surface area contributed by atoms with E-state index in [0.717, 1.165) is 17.1 Å². The molecule has 0 aliphatic heterocycles. The number of amidine groups is 1. The first-order valence-electron chi connectivity index (χ1n) is 4.80. The van der Waals surface area contributed by atoms with Gasteiger partial charge in [-0.1, -0.05) is 6.92 Å². The van der Waals surface area contributed by atoms with E-state index in [2.05, 4.69) is 29.5 Å². The Bertz CT molecular complexity index is 315. The SMILES string of the molecule is CCc1ccc(C(=NC(C)C)NN)s1. The van der Waals surface area contributed by atoms with Crippen molar-refractivity contribution in [2.24, 2.45) is 10.8 Å². The maximum absolute atomic E-state index is 5.43. The van der Waals surface area contributed by atoms with Crippen LogP contribution in [0.25, 0.3) is 0 Å². The van der Waals surface area contributed by atoms with Crippen molar-refractivity contribution in [1.29, 1.82) is 0 Å². The molecule has 0 spiro atoms. The molecule has 1 heterocycles. The largest absolute Gasteiger partial charge is 0.308 e. The van der Waals surface area contributed by atoms with Crippen molar-refractivity contribution in [3.63, 3.8) is 0 Å². The first-order valence-corrected chi connectivity index (χ1v) is 5.62. The molecule has 3 nitrogen and oxygen atoms in total. The minimum absolute atomic E-state index is 0.258. The molecule has 0 radical (unpaired) electrons. The predicted molar refractivity (Wildman–Crippen MR) is 62.7 cm³/mol. The number of aryl methyl sites for hydroxylation is 1. The molecule has 3 N–H and O–H groups in total. The maximum Gasteiger partial charge on any atom is 0.153 e. The van der Waals surface area contributed by atoms with E-state index in [9.17, 15) is 0 Å². The Labute approximate surface area is 89.0 Å². The van der Waals surface area contributed by atoms with E-state index in [0.29, 0.717) is 0 Å². The van der Waals surface area contributed by atoms with Crippen molar-refractivity contribution in [3.8, 4) is 0 Å². The van der Waals surface area contributed by atoms with Crippen LogP contribution in [0, 0.1) is 0 Å². The second-order valence-corrected chi connectivity index (χ2v) is 4.50. The molecule has 78 valence electrons. The number of nitrogens with one attached hydrogen (secondary N) is 1. The van der Waals surface area contributed by atoms with E-state index in [4.69, 9.17) is 5.84 Å². The van der Waals surface area contributed by atoms with Crippen LogP contribution in [-0.4, -0.2) is 11.9 Å². The summed E-state index contributed by atoms with van der Waals surface area (Å²) in [5, 5.41) is 0. The Morgan fingerprint density at radius 3 is 2.71 bits per heavy atom. The van der Waals surface area contributed by atoms with Crippen molar-refractivity contribution in [1.82, 2.24) is 5.43 Å². The van der Waals surface area contributed by atoms with Crippen LogP contribution in [-0.2, 0) is 6.42 Å². The van der Waals surface area contributed by atoms with Crippen molar-refractivity contribution in [3.05, 3.63) is 21.9 Å². The lowest BCUT2D eigenvalue weighted by Crippen LogP contribution is -2.31. The molecule has 1 aromatic rings. The lowest BCUT2D eigenvalue weighted by Gasteiger charge is -2.04. The van der Waals surface area contributed by atoms with E-state index in [1.165, 1.54) is 4.88 Å². The first-order chi connectivity index (χ1) is 6.67. The Morgan fingerprint density at radius 1 is 1.57 bits per heavy atom. The summed E-state index contributed by atoms with van der Waals surface area (Å²) in [5.41, 5.74) is 2.65. The van der Waals surface area contributed by atoms with Gasteiger partial charge in [0.2, 0.25) is 0 Å². The van der Waals surface area contributed by atoms with Crippen molar-refractivity contribution in [2.45, 2.75) is 33.2 Å². The normalized spacial score (nSPS) is 12.2. The predicted octanol–water partition coefficient (Wildman–Crippen LogP) is 1.93. The van der Waals surface area contributed by atoms with Gasteiger partial charge in [-0.05, 0) is 32.4 Å². The number of nitrogens with zero attached hydrogens (tertiary/aromatic N) is 1. The summed E-state index contributed by atoms with van der Waals surface area (Å²) in [4.78, 5) is 6.87. The highest BCUT2D eigenvalue weighted by Gasteiger charge is 2.05. The molecular weight excluding hydrogens is 194 g/mol. The van der Waals surface area contributed by atoms with Crippen LogP contribution in [0.3, 0.4) is 0 Å². The molecule has 0 atom stereocenters. The van der Waals surface area contributed by atoms with Gasteiger partial charge in [0.1, 0.15) is 0 Å². The number of hydrazine groups is 1. The van der Waals surface area contributed by atoms with Gasteiger partial charge in [0.25, 0.3) is 0 Å². The fourth-order valence-corrected chi connectivity index (χ4v) is 2.03. The highest BCUT2D eigenvalue weighted by Crippen LogP contribution is 2.17. The smallest absolute Gasteiger partial charge is 0.153 e. The molecule has 14 heavy (non-hydrogen) atoms. The molecule has 0 amide bonds. The molecule has 0 aromatic carbocycles. The van der Waals surface area contributed by atoms with Gasteiger partial charge in [-0.25, -0.2) is 5.84 Å². The van der Waals surface area contributed by atoms with E-state index in [1.807, 2.05) is 13.8 Å². The Kier molecular flexibility index (Phi) is 4.10. The van der Waals surface area contributed by atoms with Gasteiger partial charge in [-0.3, -0.25) is 4.99 Å². The van der Waals surface area contributed by atoms with E-state index in [-0.39, 0.29) is 6.04 Å². The Morgan fingerprint density at radius 2 is 2.29 bits per heavy atom. The fraction of sp³-hybridized carbons (Fsp3) is 0.500. The number of hydrogen-bond donors (Lipinski definition) is 2. The Balaban J connectivity index is 2.89. The molecule has 0 unspecified atom stereocenters. The molecule has 0 saturated heterocycles. The van der Waals surface area contributed by atoms with Gasteiger partial charge in [-0.2, -0.15) is 0 Å². The molecule has 0 bridgehead atoms. The zero-order valence-corrected chi connectivity index (χ0v) is 9.69. The van der Waals surface area contributed by atoms with Crippen molar-refractivity contribution >= 4 is 17.2 Å². The van der Waals surface area contributed by atoms with Gasteiger partial charge in [0, 0.05) is 10.9 Å². The average molecular weight is 211 g/mol. The number of aliphatic imine (C=N–C) groups is 1. The van der Waals surface area contributed by atoms with Gasteiger partial charge < -0.3 is 5.43 Å². The number of rotatable bonds is 3. The third kappa shape index (κ3) is 2.82. The topological polar surface area (TPSA) is 50.4 Å². The average Bonchev–Trinajstić information content (AvgIpc) is 2.62. The highest BCUT2D eigenvalue weighted by molar-refractivity contribution is 7.14. The van der Waals surface area contributed by atoms with E-state index >= 15 is 0 Å². The fourth-order valence-electron chi connectivity index (χ4n) is 1.13. The summed E-state index contributed by atoms with van der Waals surface area (Å²) < 4.78 is 0. The standard InChI is InChI=1S/C10H17N3S/c1-4-8-5-6-9(14-8)10(13-11)12-7(2)3/h5-7H,4,11H2,1-3H3,(H,12,13). The van der Waals surface area contributed by atoms with Crippen LogP contribution >= 0.6 is 11.3 Å². The first kappa shape index (κ1) is 11.2. The summed E-state index contributed by atoms with van der Waals surface area (Å²) in [6, 6.07) is 4.44. The minimum atomic E-state index is 0.258. The molecular formula is C10H17N3S. The van der Waals surface area contributed by atoms with E-state index in [1.54, 1.807) is 11.3 Å². The lowest BCUT2D eigenvalue weighted by atomic mass is 10.3. The minimum Gasteiger partial charge on any atom is -0.308 e. The summed E-state index contributed by atoms with van der Waals surface area (Å²) >= 11 is 1.73. The van der Waals surface area contributed by atoms with Crippen LogP contribution in [0.1, 0.15) is 30.5 Å². The second kappa shape index (κ2) is 5.12. The zero-order valence-electron chi connectivity index (χ0n) is 8.87. The van der Waals surface area contributed by atoms with Crippen LogP contribution in [0.2, 0.25) is 0 Å². The van der Waals surface area contributed by atoms with Crippen LogP contribution < -0.4 is 11.3 Å².